The lowest BCUT2D eigenvalue weighted by Gasteiger charge is -2.13. The molecular formula is C54H34N4. The van der Waals surface area contributed by atoms with Gasteiger partial charge in [-0.1, -0.05) is 146 Å². The standard InChI is InChI=1S/C54H34N4/c1-3-13-35(14-4-1)36-23-28-41(29-24-36)58-49-32-27-37-15-7-8-18-42(37)52(49)45-33-44-43-19-9-12-22-48(43)57(50(44)34-51(45)58)40-30-25-39(26-31-40)54-53(38-16-5-2-6-17-38)55-46-20-10-11-21-47(46)56-54/h1-34H. The molecule has 58 heavy (non-hydrogen) atoms. The zero-order chi connectivity index (χ0) is 38.2. The van der Waals surface area contributed by atoms with Gasteiger partial charge in [0, 0.05) is 44.0 Å². The molecule has 0 atom stereocenters. The molecule has 0 N–H and O–H groups in total. The number of hydrogen-bond donors (Lipinski definition) is 0. The molecule has 4 nitrogen and oxygen atoms in total. The molecule has 9 aromatic carbocycles. The summed E-state index contributed by atoms with van der Waals surface area (Å²) in [6.07, 6.45) is 0. The third-order valence-electron chi connectivity index (χ3n) is 11.7. The molecule has 0 unspecified atom stereocenters. The second-order valence-electron chi connectivity index (χ2n) is 15.0. The summed E-state index contributed by atoms with van der Waals surface area (Å²) < 4.78 is 4.86. The van der Waals surface area contributed by atoms with E-state index >= 15 is 0 Å². The van der Waals surface area contributed by atoms with Crippen molar-refractivity contribution in [1.82, 2.24) is 19.1 Å². The number of nitrogens with zero attached hydrogens (tertiary/aromatic N) is 4. The van der Waals surface area contributed by atoms with E-state index in [1.54, 1.807) is 0 Å². The number of para-hydroxylation sites is 3. The summed E-state index contributed by atoms with van der Waals surface area (Å²) in [5.41, 5.74) is 14.9. The quantitative estimate of drug-likeness (QED) is 0.176. The van der Waals surface area contributed by atoms with E-state index in [2.05, 4.69) is 185 Å². The summed E-state index contributed by atoms with van der Waals surface area (Å²) in [6.45, 7) is 0. The Morgan fingerprint density at radius 1 is 0.293 bits per heavy atom. The Balaban J connectivity index is 1.09. The molecule has 0 spiro atoms. The van der Waals surface area contributed by atoms with Crippen LogP contribution < -0.4 is 0 Å². The highest BCUT2D eigenvalue weighted by Gasteiger charge is 2.21. The van der Waals surface area contributed by atoms with Crippen LogP contribution in [0.5, 0.6) is 0 Å². The Hall–Kier alpha value is -7.82. The summed E-state index contributed by atoms with van der Waals surface area (Å²) in [5.74, 6) is 0. The van der Waals surface area contributed by atoms with Gasteiger partial charge in [-0.25, -0.2) is 9.97 Å². The van der Waals surface area contributed by atoms with Crippen LogP contribution in [0.25, 0.3) is 110 Å². The average molecular weight is 739 g/mol. The zero-order valence-corrected chi connectivity index (χ0v) is 31.4. The van der Waals surface area contributed by atoms with E-state index in [1.165, 1.54) is 60.0 Å². The number of fused-ring (bicyclic) bond motifs is 9. The number of benzene rings is 9. The lowest BCUT2D eigenvalue weighted by molar-refractivity contribution is 1.16. The van der Waals surface area contributed by atoms with Crippen molar-refractivity contribution in [3.05, 3.63) is 206 Å². The molecule has 270 valence electrons. The second kappa shape index (κ2) is 12.9. The van der Waals surface area contributed by atoms with Gasteiger partial charge in [0.2, 0.25) is 0 Å². The maximum Gasteiger partial charge on any atom is 0.0973 e. The SMILES string of the molecule is c1ccc(-c2ccc(-n3c4cc5c(cc4c4c6ccccc6ccc43)c3ccccc3n5-c3ccc(-c4nc5ccccc5nc4-c4ccccc4)cc3)cc2)cc1. The largest absolute Gasteiger partial charge is 0.309 e. The minimum atomic E-state index is 0.871. The van der Waals surface area contributed by atoms with Crippen LogP contribution in [0, 0.1) is 0 Å². The van der Waals surface area contributed by atoms with Crippen molar-refractivity contribution in [3.63, 3.8) is 0 Å². The van der Waals surface area contributed by atoms with Gasteiger partial charge in [-0.3, -0.25) is 0 Å². The maximum atomic E-state index is 5.18. The van der Waals surface area contributed by atoms with Gasteiger partial charge in [0.1, 0.15) is 0 Å². The van der Waals surface area contributed by atoms with Crippen molar-refractivity contribution in [2.75, 3.05) is 0 Å². The average Bonchev–Trinajstić information content (AvgIpc) is 3.80. The first-order chi connectivity index (χ1) is 28.8. The van der Waals surface area contributed by atoms with Crippen LogP contribution in [0.15, 0.2) is 206 Å². The molecule has 0 saturated heterocycles. The van der Waals surface area contributed by atoms with Crippen molar-refractivity contribution < 1.29 is 0 Å². The fourth-order valence-electron chi connectivity index (χ4n) is 9.01. The summed E-state index contributed by atoms with van der Waals surface area (Å²) in [4.78, 5) is 10.3. The van der Waals surface area contributed by atoms with Crippen molar-refractivity contribution in [2.45, 2.75) is 0 Å². The molecule has 0 radical (unpaired) electrons. The summed E-state index contributed by atoms with van der Waals surface area (Å²) in [7, 11) is 0. The summed E-state index contributed by atoms with van der Waals surface area (Å²) in [5, 5.41) is 7.47. The number of rotatable bonds is 5. The van der Waals surface area contributed by atoms with Crippen molar-refractivity contribution in [2.24, 2.45) is 0 Å². The molecular weight excluding hydrogens is 705 g/mol. The Bertz CT molecular complexity index is 3530. The van der Waals surface area contributed by atoms with Gasteiger partial charge in [0.15, 0.2) is 0 Å². The van der Waals surface area contributed by atoms with Gasteiger partial charge < -0.3 is 9.13 Å². The third kappa shape index (κ3) is 5.02. The van der Waals surface area contributed by atoms with Crippen LogP contribution in [-0.4, -0.2) is 19.1 Å². The minimum absolute atomic E-state index is 0.871. The molecule has 12 aromatic rings. The maximum absolute atomic E-state index is 5.18. The molecule has 4 heteroatoms. The van der Waals surface area contributed by atoms with Crippen LogP contribution in [0.4, 0.5) is 0 Å². The molecule has 0 aliphatic heterocycles. The second-order valence-corrected chi connectivity index (χ2v) is 15.0. The van der Waals surface area contributed by atoms with Gasteiger partial charge in [-0.15, -0.1) is 0 Å². The smallest absolute Gasteiger partial charge is 0.0973 e. The van der Waals surface area contributed by atoms with Gasteiger partial charge in [0.25, 0.3) is 0 Å². The molecule has 0 aliphatic carbocycles. The first kappa shape index (κ1) is 32.4. The van der Waals surface area contributed by atoms with E-state index in [-0.39, 0.29) is 0 Å². The molecule has 3 aromatic heterocycles. The molecule has 3 heterocycles. The van der Waals surface area contributed by atoms with E-state index in [1.807, 2.05) is 30.3 Å². The molecule has 12 rings (SSSR count). The van der Waals surface area contributed by atoms with Crippen molar-refractivity contribution >= 4 is 65.4 Å². The molecule has 0 fully saturated rings. The van der Waals surface area contributed by atoms with E-state index < -0.39 is 0 Å². The van der Waals surface area contributed by atoms with Gasteiger partial charge >= 0.3 is 0 Å². The highest BCUT2D eigenvalue weighted by Crippen LogP contribution is 2.42. The summed E-state index contributed by atoms with van der Waals surface area (Å²) in [6, 6.07) is 73.8. The van der Waals surface area contributed by atoms with E-state index in [0.29, 0.717) is 0 Å². The Kier molecular flexibility index (Phi) is 7.20. The zero-order valence-electron chi connectivity index (χ0n) is 31.4. The van der Waals surface area contributed by atoms with E-state index in [9.17, 15) is 0 Å². The van der Waals surface area contributed by atoms with E-state index in [4.69, 9.17) is 9.97 Å². The minimum Gasteiger partial charge on any atom is -0.309 e. The predicted molar refractivity (Wildman–Crippen MR) is 242 cm³/mol. The van der Waals surface area contributed by atoms with Crippen molar-refractivity contribution in [3.8, 4) is 45.0 Å². The molecule has 0 amide bonds. The highest BCUT2D eigenvalue weighted by atomic mass is 15.0. The monoisotopic (exact) mass is 738 g/mol. The fourth-order valence-corrected chi connectivity index (χ4v) is 9.01. The first-order valence-electron chi connectivity index (χ1n) is 19.7. The van der Waals surface area contributed by atoms with Gasteiger partial charge in [-0.05, 0) is 82.6 Å². The Morgan fingerprint density at radius 3 is 1.48 bits per heavy atom. The van der Waals surface area contributed by atoms with Gasteiger partial charge in [0.05, 0.1) is 44.5 Å². The number of hydrogen-bond acceptors (Lipinski definition) is 2. The Labute approximate surface area is 334 Å². The Morgan fingerprint density at radius 2 is 0.793 bits per heavy atom. The molecule has 0 aliphatic rings. The fraction of sp³-hybridized carbons (Fsp3) is 0. The number of aromatic nitrogens is 4. The lowest BCUT2D eigenvalue weighted by Crippen LogP contribution is -1.97. The lowest BCUT2D eigenvalue weighted by atomic mass is 10.0. The predicted octanol–water partition coefficient (Wildman–Crippen LogP) is 14.0. The van der Waals surface area contributed by atoms with Crippen LogP contribution in [0.1, 0.15) is 0 Å². The molecule has 0 bridgehead atoms. The van der Waals surface area contributed by atoms with Crippen LogP contribution in [0.3, 0.4) is 0 Å². The normalized spacial score (nSPS) is 11.8. The van der Waals surface area contributed by atoms with Crippen molar-refractivity contribution in [1.29, 1.82) is 0 Å². The van der Waals surface area contributed by atoms with E-state index in [0.717, 1.165) is 50.4 Å². The third-order valence-corrected chi connectivity index (χ3v) is 11.7. The first-order valence-corrected chi connectivity index (χ1v) is 19.7. The van der Waals surface area contributed by atoms with Gasteiger partial charge in [-0.2, -0.15) is 0 Å². The van der Waals surface area contributed by atoms with Crippen LogP contribution in [-0.2, 0) is 0 Å². The topological polar surface area (TPSA) is 35.6 Å². The molecule has 0 saturated carbocycles. The van der Waals surface area contributed by atoms with Crippen LogP contribution in [0.2, 0.25) is 0 Å². The highest BCUT2D eigenvalue weighted by molar-refractivity contribution is 6.25. The summed E-state index contributed by atoms with van der Waals surface area (Å²) >= 11 is 0. The van der Waals surface area contributed by atoms with Crippen LogP contribution >= 0.6 is 0 Å².